The minimum Gasteiger partial charge on any atom is -0.493 e. The van der Waals surface area contributed by atoms with Gasteiger partial charge in [0.15, 0.2) is 11.5 Å². The van der Waals surface area contributed by atoms with Crippen LogP contribution in [0.4, 0.5) is 0 Å². The second kappa shape index (κ2) is 11.4. The molecule has 0 saturated heterocycles. The van der Waals surface area contributed by atoms with Crippen molar-refractivity contribution in [1.82, 2.24) is 19.7 Å². The SMILES string of the molecule is COc1cccc(C2CC(Cc3ncc(CCC(=O)O)s3)c3nnc(C(C)C)n3-c3ccc(Cl)cc32)c1OC. The van der Waals surface area contributed by atoms with E-state index in [4.69, 9.17) is 31.3 Å². The number of carboxylic acid groups (broad SMARTS) is 1. The number of rotatable bonds is 9. The molecule has 2 unspecified atom stereocenters. The summed E-state index contributed by atoms with van der Waals surface area (Å²) in [5.74, 6) is 2.39. The Balaban J connectivity index is 1.66. The number of halogens is 1. The molecule has 0 saturated carbocycles. The van der Waals surface area contributed by atoms with Gasteiger partial charge in [-0.15, -0.1) is 21.5 Å². The lowest BCUT2D eigenvalue weighted by molar-refractivity contribution is -0.136. The first kappa shape index (κ1) is 27.1. The zero-order valence-electron chi connectivity index (χ0n) is 22.3. The van der Waals surface area contributed by atoms with E-state index in [1.165, 1.54) is 0 Å². The third-order valence-electron chi connectivity index (χ3n) is 7.14. The number of benzene rings is 2. The fourth-order valence-electron chi connectivity index (χ4n) is 5.37. The Hall–Kier alpha value is -3.43. The normalized spacial score (nSPS) is 16.5. The maximum absolute atomic E-state index is 11.1. The van der Waals surface area contributed by atoms with Crippen LogP contribution < -0.4 is 9.47 Å². The number of ether oxygens (including phenoxy) is 2. The second-order valence-corrected chi connectivity index (χ2v) is 11.6. The number of nitrogens with zero attached hydrogens (tertiary/aromatic N) is 4. The summed E-state index contributed by atoms with van der Waals surface area (Å²) >= 11 is 8.16. The van der Waals surface area contributed by atoms with Crippen molar-refractivity contribution in [3.8, 4) is 17.2 Å². The Bertz CT molecular complexity index is 1500. The molecule has 8 nitrogen and oxygen atoms in total. The molecular weight excluding hydrogens is 536 g/mol. The summed E-state index contributed by atoms with van der Waals surface area (Å²) < 4.78 is 13.7. The van der Waals surface area contributed by atoms with E-state index in [0.717, 1.165) is 44.8 Å². The van der Waals surface area contributed by atoms with Gasteiger partial charge in [0.1, 0.15) is 11.6 Å². The standard InChI is InChI=1S/C29H31ClN4O4S/c1-16(2)28-32-33-29-17(13-25-31-15-19(39-25)9-11-26(35)36)12-21(20-6-5-7-24(37-3)27(20)38-4)22-14-18(30)8-10-23(22)34(28)29/h5-8,10,14-17,21H,9,11-13H2,1-4H3,(H,35,36). The molecule has 1 aliphatic heterocycles. The maximum Gasteiger partial charge on any atom is 0.303 e. The summed E-state index contributed by atoms with van der Waals surface area (Å²) in [7, 11) is 3.30. The van der Waals surface area contributed by atoms with Crippen molar-refractivity contribution in [2.75, 3.05) is 14.2 Å². The van der Waals surface area contributed by atoms with E-state index in [0.29, 0.717) is 29.4 Å². The van der Waals surface area contributed by atoms with Crippen LogP contribution in [-0.2, 0) is 17.6 Å². The van der Waals surface area contributed by atoms with Gasteiger partial charge in [0, 0.05) is 45.8 Å². The van der Waals surface area contributed by atoms with Crippen LogP contribution in [0.1, 0.15) is 77.1 Å². The van der Waals surface area contributed by atoms with Gasteiger partial charge in [-0.25, -0.2) is 4.98 Å². The molecule has 1 aliphatic rings. The molecule has 0 aliphatic carbocycles. The van der Waals surface area contributed by atoms with Gasteiger partial charge in [-0.05, 0) is 42.7 Å². The summed E-state index contributed by atoms with van der Waals surface area (Å²) in [5, 5.41) is 20.0. The molecule has 0 fully saturated rings. The van der Waals surface area contributed by atoms with Crippen LogP contribution in [0, 0.1) is 0 Å². The van der Waals surface area contributed by atoms with E-state index < -0.39 is 5.97 Å². The minimum absolute atomic E-state index is 0.0180. The van der Waals surface area contributed by atoms with Crippen LogP contribution in [0.3, 0.4) is 0 Å². The molecule has 2 aromatic heterocycles. The van der Waals surface area contributed by atoms with Gasteiger partial charge in [0.25, 0.3) is 0 Å². The van der Waals surface area contributed by atoms with Crippen LogP contribution in [0.25, 0.3) is 5.69 Å². The van der Waals surface area contributed by atoms with E-state index in [1.54, 1.807) is 31.8 Å². The van der Waals surface area contributed by atoms with E-state index in [-0.39, 0.29) is 24.2 Å². The summed E-state index contributed by atoms with van der Waals surface area (Å²) in [6.45, 7) is 4.23. The number of aliphatic carboxylic acids is 1. The number of thiazole rings is 1. The first-order chi connectivity index (χ1) is 18.8. The molecule has 0 amide bonds. The summed E-state index contributed by atoms with van der Waals surface area (Å²) in [5.41, 5.74) is 3.08. The number of carbonyl (C=O) groups is 1. The highest BCUT2D eigenvalue weighted by molar-refractivity contribution is 7.11. The van der Waals surface area contributed by atoms with Crippen LogP contribution in [-0.4, -0.2) is 45.0 Å². The average Bonchev–Trinajstić information content (AvgIpc) is 3.54. The van der Waals surface area contributed by atoms with Crippen LogP contribution >= 0.6 is 22.9 Å². The van der Waals surface area contributed by atoms with E-state index >= 15 is 0 Å². The zero-order chi connectivity index (χ0) is 27.7. The van der Waals surface area contributed by atoms with Gasteiger partial charge in [-0.3, -0.25) is 9.36 Å². The smallest absolute Gasteiger partial charge is 0.303 e. The molecule has 1 N–H and O–H groups in total. The molecule has 2 aromatic carbocycles. The van der Waals surface area contributed by atoms with Crippen LogP contribution in [0.15, 0.2) is 42.6 Å². The number of carboxylic acids is 1. The van der Waals surface area contributed by atoms with Gasteiger partial charge in [0.2, 0.25) is 0 Å². The molecule has 204 valence electrons. The van der Waals surface area contributed by atoms with Crippen molar-refractivity contribution in [2.24, 2.45) is 0 Å². The van der Waals surface area contributed by atoms with Crippen LogP contribution in [0.2, 0.25) is 5.02 Å². The first-order valence-electron chi connectivity index (χ1n) is 12.9. The van der Waals surface area contributed by atoms with Crippen molar-refractivity contribution in [2.45, 2.75) is 57.3 Å². The fraction of sp³-hybridized carbons (Fsp3) is 0.379. The molecule has 4 aromatic rings. The number of methoxy groups -OCH3 is 2. The number of hydrogen-bond donors (Lipinski definition) is 1. The molecular formula is C29H31ClN4O4S. The second-order valence-electron chi connectivity index (χ2n) is 10.00. The molecule has 39 heavy (non-hydrogen) atoms. The van der Waals surface area contributed by atoms with Crippen molar-refractivity contribution < 1.29 is 19.4 Å². The third kappa shape index (κ3) is 5.38. The Labute approximate surface area is 236 Å². The predicted molar refractivity (Wildman–Crippen MR) is 151 cm³/mol. The lowest BCUT2D eigenvalue weighted by atomic mass is 9.82. The number of aromatic nitrogens is 4. The highest BCUT2D eigenvalue weighted by Crippen LogP contribution is 2.48. The molecule has 0 spiro atoms. The summed E-state index contributed by atoms with van der Waals surface area (Å²) in [6.07, 6.45) is 3.72. The Morgan fingerprint density at radius 3 is 2.72 bits per heavy atom. The van der Waals surface area contributed by atoms with E-state index in [2.05, 4.69) is 34.6 Å². The van der Waals surface area contributed by atoms with Gasteiger partial charge in [0.05, 0.1) is 31.3 Å². The summed E-state index contributed by atoms with van der Waals surface area (Å²) in [4.78, 5) is 16.7. The quantitative estimate of drug-likeness (QED) is 0.250. The number of para-hydroxylation sites is 1. The van der Waals surface area contributed by atoms with E-state index in [1.807, 2.05) is 30.3 Å². The molecule has 0 radical (unpaired) electrons. The van der Waals surface area contributed by atoms with Gasteiger partial charge >= 0.3 is 5.97 Å². The zero-order valence-corrected chi connectivity index (χ0v) is 23.9. The fourth-order valence-corrected chi connectivity index (χ4v) is 6.56. The van der Waals surface area contributed by atoms with E-state index in [9.17, 15) is 4.79 Å². The Morgan fingerprint density at radius 1 is 1.18 bits per heavy atom. The van der Waals surface area contributed by atoms with Crippen molar-refractivity contribution >= 4 is 28.9 Å². The van der Waals surface area contributed by atoms with Crippen molar-refractivity contribution in [3.05, 3.63) is 80.3 Å². The van der Waals surface area contributed by atoms with Crippen molar-refractivity contribution in [1.29, 1.82) is 0 Å². The first-order valence-corrected chi connectivity index (χ1v) is 14.1. The Kier molecular flexibility index (Phi) is 7.91. The highest BCUT2D eigenvalue weighted by atomic mass is 35.5. The highest BCUT2D eigenvalue weighted by Gasteiger charge is 2.35. The molecule has 10 heteroatoms. The Morgan fingerprint density at radius 2 is 2.00 bits per heavy atom. The van der Waals surface area contributed by atoms with Crippen molar-refractivity contribution in [3.63, 3.8) is 0 Å². The molecule has 2 atom stereocenters. The maximum atomic E-state index is 11.1. The number of hydrogen-bond acceptors (Lipinski definition) is 7. The average molecular weight is 567 g/mol. The number of fused-ring (bicyclic) bond motifs is 3. The monoisotopic (exact) mass is 566 g/mol. The molecule has 0 bridgehead atoms. The molecule has 3 heterocycles. The lowest BCUT2D eigenvalue weighted by Crippen LogP contribution is -2.12. The summed E-state index contributed by atoms with van der Waals surface area (Å²) in [6, 6.07) is 11.9. The van der Waals surface area contributed by atoms with Gasteiger partial charge in [-0.1, -0.05) is 37.6 Å². The topological polar surface area (TPSA) is 99.4 Å². The molecule has 5 rings (SSSR count). The van der Waals surface area contributed by atoms with Crippen LogP contribution in [0.5, 0.6) is 11.5 Å². The number of aryl methyl sites for hydroxylation is 1. The van der Waals surface area contributed by atoms with Gasteiger partial charge < -0.3 is 14.6 Å². The largest absolute Gasteiger partial charge is 0.493 e. The minimum atomic E-state index is -0.811. The third-order valence-corrected chi connectivity index (χ3v) is 8.45. The van der Waals surface area contributed by atoms with Gasteiger partial charge in [-0.2, -0.15) is 0 Å². The lowest BCUT2D eigenvalue weighted by Gasteiger charge is -2.24. The predicted octanol–water partition coefficient (Wildman–Crippen LogP) is 6.40.